The van der Waals surface area contributed by atoms with Crippen LogP contribution in [0.25, 0.3) is 11.1 Å². The van der Waals surface area contributed by atoms with Crippen molar-refractivity contribution in [2.24, 2.45) is 0 Å². The van der Waals surface area contributed by atoms with Gasteiger partial charge in [0.25, 0.3) is 6.01 Å². The fraction of sp³-hybridized carbons (Fsp3) is 0.0667. The molecule has 6 nitrogen and oxygen atoms in total. The Bertz CT molecular complexity index is 848. The van der Waals surface area contributed by atoms with E-state index >= 15 is 0 Å². The highest BCUT2D eigenvalue weighted by Crippen LogP contribution is 2.32. The first-order valence-electron chi connectivity index (χ1n) is 6.21. The molecular weight excluding hydrogens is 268 g/mol. The predicted molar refractivity (Wildman–Crippen MR) is 79.4 cm³/mol. The average Bonchev–Trinajstić information content (AvgIpc) is 2.88. The van der Waals surface area contributed by atoms with E-state index < -0.39 is 0 Å². The zero-order valence-corrected chi connectivity index (χ0v) is 11.3. The maximum atomic E-state index is 9.18. The number of rotatable bonds is 3. The molecule has 3 rings (SSSR count). The largest absolute Gasteiger partial charge is 0.495 e. The van der Waals surface area contributed by atoms with Crippen LogP contribution in [0.1, 0.15) is 5.56 Å². The normalized spacial score (nSPS) is 10.3. The highest BCUT2D eigenvalue weighted by Gasteiger charge is 2.13. The number of nitrogens with two attached hydrogens (primary N) is 1. The molecule has 3 N–H and O–H groups in total. The molecule has 0 bridgehead atoms. The smallest absolute Gasteiger partial charge is 0.300 e. The molecule has 0 unspecified atom stereocenters. The molecule has 0 saturated heterocycles. The molecule has 0 aliphatic carbocycles. The van der Waals surface area contributed by atoms with Crippen molar-refractivity contribution in [3.8, 4) is 11.8 Å². The molecule has 3 aromatic rings. The minimum atomic E-state index is 0.275. The molecule has 21 heavy (non-hydrogen) atoms. The van der Waals surface area contributed by atoms with Gasteiger partial charge >= 0.3 is 0 Å². The maximum absolute atomic E-state index is 9.18. The van der Waals surface area contributed by atoms with Gasteiger partial charge in [-0.1, -0.05) is 6.07 Å². The van der Waals surface area contributed by atoms with E-state index in [0.717, 1.165) is 0 Å². The summed E-state index contributed by atoms with van der Waals surface area (Å²) in [6.45, 7) is 0. The number of nitrogen functional groups attached to an aromatic ring is 1. The van der Waals surface area contributed by atoms with E-state index in [2.05, 4.69) is 16.4 Å². The van der Waals surface area contributed by atoms with Crippen LogP contribution in [0.3, 0.4) is 0 Å². The molecule has 0 radical (unpaired) electrons. The molecule has 0 aliphatic heterocycles. The molecule has 1 heterocycles. The van der Waals surface area contributed by atoms with Gasteiger partial charge in [-0.3, -0.25) is 0 Å². The van der Waals surface area contributed by atoms with Crippen molar-refractivity contribution in [1.29, 1.82) is 5.26 Å². The molecule has 1 aromatic heterocycles. The van der Waals surface area contributed by atoms with Gasteiger partial charge in [-0.2, -0.15) is 10.2 Å². The van der Waals surface area contributed by atoms with Gasteiger partial charge in [-0.05, 0) is 24.3 Å². The number of ether oxygens (including phenoxy) is 1. The number of hydrogen-bond acceptors (Lipinski definition) is 6. The molecular formula is C15H12N4O2. The van der Waals surface area contributed by atoms with Crippen molar-refractivity contribution < 1.29 is 9.15 Å². The average molecular weight is 280 g/mol. The van der Waals surface area contributed by atoms with Crippen molar-refractivity contribution in [3.63, 3.8) is 0 Å². The standard InChI is InChI=1S/C15H12N4O2/c1-20-12-4-2-3-9(8-16)14(12)19-15-18-11-6-5-10(17)7-13(11)21-15/h2-7H,17H2,1H3,(H,18,19). The second-order valence-corrected chi connectivity index (χ2v) is 4.37. The van der Waals surface area contributed by atoms with Gasteiger partial charge in [0.2, 0.25) is 0 Å². The van der Waals surface area contributed by atoms with E-state index in [-0.39, 0.29) is 6.01 Å². The number of para-hydroxylation sites is 1. The topological polar surface area (TPSA) is 97.1 Å². The Balaban J connectivity index is 2.04. The van der Waals surface area contributed by atoms with Gasteiger partial charge < -0.3 is 20.2 Å². The molecule has 0 saturated carbocycles. The van der Waals surface area contributed by atoms with Gasteiger partial charge in [0.1, 0.15) is 23.0 Å². The Morgan fingerprint density at radius 1 is 1.33 bits per heavy atom. The van der Waals surface area contributed by atoms with Crippen LogP contribution in [0.5, 0.6) is 5.75 Å². The van der Waals surface area contributed by atoms with Crippen molar-refractivity contribution >= 4 is 28.5 Å². The Kier molecular flexibility index (Phi) is 3.09. The number of aromatic nitrogens is 1. The Labute approximate surface area is 120 Å². The third-order valence-electron chi connectivity index (χ3n) is 3.01. The number of hydrogen-bond donors (Lipinski definition) is 2. The number of fused-ring (bicyclic) bond motifs is 1. The number of nitriles is 1. The van der Waals surface area contributed by atoms with Crippen molar-refractivity contribution in [2.45, 2.75) is 0 Å². The number of nitrogens with one attached hydrogen (secondary N) is 1. The first-order chi connectivity index (χ1) is 10.2. The number of benzene rings is 2. The maximum Gasteiger partial charge on any atom is 0.300 e. The first kappa shape index (κ1) is 12.8. The SMILES string of the molecule is COc1cccc(C#N)c1Nc1nc2ccc(N)cc2o1. The lowest BCUT2D eigenvalue weighted by molar-refractivity contribution is 0.416. The summed E-state index contributed by atoms with van der Waals surface area (Å²) >= 11 is 0. The molecule has 0 amide bonds. The first-order valence-corrected chi connectivity index (χ1v) is 6.21. The molecule has 0 spiro atoms. The summed E-state index contributed by atoms with van der Waals surface area (Å²) in [6.07, 6.45) is 0. The Morgan fingerprint density at radius 2 is 2.19 bits per heavy atom. The summed E-state index contributed by atoms with van der Waals surface area (Å²) in [4.78, 5) is 4.30. The fourth-order valence-corrected chi connectivity index (χ4v) is 2.02. The molecule has 0 fully saturated rings. The summed E-state index contributed by atoms with van der Waals surface area (Å²) in [6, 6.07) is 12.8. The van der Waals surface area contributed by atoms with E-state index in [1.807, 2.05) is 0 Å². The van der Waals surface area contributed by atoms with E-state index in [1.54, 1.807) is 36.4 Å². The monoisotopic (exact) mass is 280 g/mol. The quantitative estimate of drug-likeness (QED) is 0.716. The van der Waals surface area contributed by atoms with Crippen molar-refractivity contribution in [3.05, 3.63) is 42.0 Å². The predicted octanol–water partition coefficient (Wildman–Crippen LogP) is 3.03. The second-order valence-electron chi connectivity index (χ2n) is 4.37. The van der Waals surface area contributed by atoms with Crippen LogP contribution >= 0.6 is 0 Å². The van der Waals surface area contributed by atoms with Gasteiger partial charge in [0.15, 0.2) is 5.58 Å². The van der Waals surface area contributed by atoms with Crippen LogP contribution in [-0.2, 0) is 0 Å². The molecule has 6 heteroatoms. The lowest BCUT2D eigenvalue weighted by atomic mass is 10.2. The van der Waals surface area contributed by atoms with Crippen molar-refractivity contribution in [2.75, 3.05) is 18.2 Å². The van der Waals surface area contributed by atoms with E-state index in [0.29, 0.717) is 33.8 Å². The van der Waals surface area contributed by atoms with E-state index in [4.69, 9.17) is 14.9 Å². The molecule has 0 atom stereocenters. The van der Waals surface area contributed by atoms with Gasteiger partial charge in [-0.15, -0.1) is 0 Å². The molecule has 104 valence electrons. The van der Waals surface area contributed by atoms with Crippen LogP contribution in [0.2, 0.25) is 0 Å². The number of anilines is 3. The number of nitrogens with zero attached hydrogens (tertiary/aromatic N) is 2. The number of methoxy groups -OCH3 is 1. The Hall–Kier alpha value is -3.20. The van der Waals surface area contributed by atoms with Crippen LogP contribution in [-0.4, -0.2) is 12.1 Å². The van der Waals surface area contributed by atoms with Crippen LogP contribution in [0, 0.1) is 11.3 Å². The van der Waals surface area contributed by atoms with Crippen LogP contribution in [0.4, 0.5) is 17.4 Å². The third-order valence-corrected chi connectivity index (χ3v) is 3.01. The fourth-order valence-electron chi connectivity index (χ4n) is 2.02. The van der Waals surface area contributed by atoms with Crippen LogP contribution < -0.4 is 15.8 Å². The van der Waals surface area contributed by atoms with Gasteiger partial charge in [-0.25, -0.2) is 0 Å². The summed E-state index contributed by atoms with van der Waals surface area (Å²) < 4.78 is 10.8. The highest BCUT2D eigenvalue weighted by atomic mass is 16.5. The van der Waals surface area contributed by atoms with Crippen molar-refractivity contribution in [1.82, 2.24) is 4.98 Å². The van der Waals surface area contributed by atoms with E-state index in [9.17, 15) is 5.26 Å². The zero-order valence-electron chi connectivity index (χ0n) is 11.3. The lowest BCUT2D eigenvalue weighted by Crippen LogP contribution is -1.97. The molecule has 0 aliphatic rings. The minimum Gasteiger partial charge on any atom is -0.495 e. The molecule has 2 aromatic carbocycles. The highest BCUT2D eigenvalue weighted by molar-refractivity contribution is 5.79. The van der Waals surface area contributed by atoms with Gasteiger partial charge in [0, 0.05) is 11.8 Å². The number of oxazole rings is 1. The lowest BCUT2D eigenvalue weighted by Gasteiger charge is -2.09. The van der Waals surface area contributed by atoms with Gasteiger partial charge in [0.05, 0.1) is 12.7 Å². The second kappa shape index (κ2) is 5.06. The summed E-state index contributed by atoms with van der Waals surface area (Å²) in [5.41, 5.74) is 8.52. The van der Waals surface area contributed by atoms with Crippen LogP contribution in [0.15, 0.2) is 40.8 Å². The minimum absolute atomic E-state index is 0.275. The van der Waals surface area contributed by atoms with E-state index in [1.165, 1.54) is 7.11 Å². The summed E-state index contributed by atoms with van der Waals surface area (Å²) in [5.74, 6) is 0.538. The zero-order chi connectivity index (χ0) is 14.8. The summed E-state index contributed by atoms with van der Waals surface area (Å²) in [5, 5.41) is 12.2. The summed E-state index contributed by atoms with van der Waals surface area (Å²) in [7, 11) is 1.54. The Morgan fingerprint density at radius 3 is 2.95 bits per heavy atom. The third kappa shape index (κ3) is 2.32.